The number of unbranched alkanes of at least 4 members (excludes halogenated alkanes) is 17. The van der Waals surface area contributed by atoms with Gasteiger partial charge in [0.25, 0.3) is 0 Å². The van der Waals surface area contributed by atoms with Crippen LogP contribution in [0.3, 0.4) is 0 Å². The van der Waals surface area contributed by atoms with Gasteiger partial charge in [0, 0.05) is 12.8 Å². The van der Waals surface area contributed by atoms with Gasteiger partial charge in [-0.2, -0.15) is 0 Å². The predicted molar refractivity (Wildman–Crippen MR) is 206 cm³/mol. The molecule has 0 saturated heterocycles. The van der Waals surface area contributed by atoms with E-state index < -0.39 is 12.2 Å². The van der Waals surface area contributed by atoms with Crippen molar-refractivity contribution in [3.63, 3.8) is 0 Å². The molecule has 0 heterocycles. The van der Waals surface area contributed by atoms with E-state index in [4.69, 9.17) is 9.47 Å². The van der Waals surface area contributed by atoms with E-state index in [-0.39, 0.29) is 31.6 Å². The van der Waals surface area contributed by atoms with Crippen molar-refractivity contribution in [2.45, 2.75) is 187 Å². The third kappa shape index (κ3) is 38.2. The summed E-state index contributed by atoms with van der Waals surface area (Å²) in [5, 5.41) is 19.9. The highest BCUT2D eigenvalue weighted by Crippen LogP contribution is 2.14. The van der Waals surface area contributed by atoms with E-state index in [1.54, 1.807) is 6.08 Å². The molecule has 49 heavy (non-hydrogen) atoms. The molecule has 0 saturated carbocycles. The molecule has 0 amide bonds. The van der Waals surface area contributed by atoms with Crippen molar-refractivity contribution in [1.29, 1.82) is 0 Å². The molecule has 0 aliphatic carbocycles. The van der Waals surface area contributed by atoms with Crippen LogP contribution in [-0.2, 0) is 19.1 Å². The topological polar surface area (TPSA) is 93.1 Å². The monoisotopic (exact) mass is 687 g/mol. The van der Waals surface area contributed by atoms with E-state index in [1.807, 2.05) is 36.5 Å². The Kier molecular flexibility index (Phi) is 36.5. The van der Waals surface area contributed by atoms with Crippen LogP contribution in [0, 0.1) is 0 Å². The highest BCUT2D eigenvalue weighted by atomic mass is 16.6. The molecule has 0 fully saturated rings. The van der Waals surface area contributed by atoms with Gasteiger partial charge in [0.05, 0.1) is 6.10 Å². The normalized spacial score (nSPS) is 13.5. The first-order valence-corrected chi connectivity index (χ1v) is 19.9. The predicted octanol–water partition coefficient (Wildman–Crippen LogP) is 11.4. The molecule has 0 aliphatic rings. The lowest BCUT2D eigenvalue weighted by Crippen LogP contribution is -2.25. The van der Waals surface area contributed by atoms with Crippen molar-refractivity contribution in [1.82, 2.24) is 0 Å². The van der Waals surface area contributed by atoms with Gasteiger partial charge in [-0.3, -0.25) is 9.59 Å². The number of aliphatic hydroxyl groups is 2. The number of aliphatic hydroxyl groups excluding tert-OH is 2. The third-order valence-electron chi connectivity index (χ3n) is 8.35. The lowest BCUT2D eigenvalue weighted by atomic mass is 10.0. The summed E-state index contributed by atoms with van der Waals surface area (Å²) in [5.74, 6) is -0.668. The van der Waals surface area contributed by atoms with Crippen LogP contribution in [0.5, 0.6) is 0 Å². The second-order valence-corrected chi connectivity index (χ2v) is 13.2. The van der Waals surface area contributed by atoms with Gasteiger partial charge in [-0.05, 0) is 44.9 Å². The zero-order valence-corrected chi connectivity index (χ0v) is 31.5. The summed E-state index contributed by atoms with van der Waals surface area (Å²) in [5.41, 5.74) is 0. The number of allylic oxidation sites excluding steroid dienone is 8. The molecular formula is C43H74O6. The van der Waals surface area contributed by atoms with Crippen LogP contribution in [0.15, 0.2) is 60.8 Å². The first kappa shape index (κ1) is 46.6. The van der Waals surface area contributed by atoms with Gasteiger partial charge in [0.1, 0.15) is 19.3 Å². The summed E-state index contributed by atoms with van der Waals surface area (Å²) in [6.07, 6.45) is 46.0. The zero-order chi connectivity index (χ0) is 35.9. The van der Waals surface area contributed by atoms with Crippen LogP contribution in [-0.4, -0.2) is 47.6 Å². The molecule has 2 atom stereocenters. The molecule has 2 N–H and O–H groups in total. The lowest BCUT2D eigenvalue weighted by Gasteiger charge is -2.12. The van der Waals surface area contributed by atoms with Crippen LogP contribution in [0.4, 0.5) is 0 Å². The summed E-state index contributed by atoms with van der Waals surface area (Å²) in [4.78, 5) is 23.9. The van der Waals surface area contributed by atoms with Gasteiger partial charge in [-0.15, -0.1) is 0 Å². The van der Waals surface area contributed by atoms with E-state index in [0.717, 1.165) is 44.9 Å². The fourth-order valence-electron chi connectivity index (χ4n) is 5.32. The Bertz CT molecular complexity index is 887. The molecule has 0 bridgehead atoms. The Labute approximate surface area is 301 Å². The fourth-order valence-corrected chi connectivity index (χ4v) is 5.32. The Balaban J connectivity index is 3.58. The van der Waals surface area contributed by atoms with E-state index >= 15 is 0 Å². The lowest BCUT2D eigenvalue weighted by molar-refractivity contribution is -0.152. The number of hydrogen-bond acceptors (Lipinski definition) is 6. The number of carbonyl (C=O) groups is 2. The molecular weight excluding hydrogens is 612 g/mol. The van der Waals surface area contributed by atoms with Crippen LogP contribution < -0.4 is 0 Å². The van der Waals surface area contributed by atoms with E-state index in [0.29, 0.717) is 19.3 Å². The smallest absolute Gasteiger partial charge is 0.305 e. The first-order chi connectivity index (χ1) is 24.0. The maximum atomic E-state index is 12.0. The number of carbonyl (C=O) groups excluding carboxylic acids is 2. The van der Waals surface area contributed by atoms with Gasteiger partial charge < -0.3 is 19.7 Å². The molecule has 6 nitrogen and oxygen atoms in total. The molecule has 0 aromatic carbocycles. The van der Waals surface area contributed by atoms with Gasteiger partial charge >= 0.3 is 11.9 Å². The minimum Gasteiger partial charge on any atom is -0.463 e. The number of hydrogen-bond donors (Lipinski definition) is 2. The molecule has 0 aromatic heterocycles. The average Bonchev–Trinajstić information content (AvgIpc) is 3.10. The second-order valence-electron chi connectivity index (χ2n) is 13.2. The molecule has 0 radical (unpaired) electrons. The highest BCUT2D eigenvalue weighted by Gasteiger charge is 2.12. The third-order valence-corrected chi connectivity index (χ3v) is 8.35. The zero-order valence-electron chi connectivity index (χ0n) is 31.5. The van der Waals surface area contributed by atoms with E-state index in [1.165, 1.54) is 89.9 Å². The van der Waals surface area contributed by atoms with Gasteiger partial charge in [-0.1, -0.05) is 177 Å². The quantitative estimate of drug-likeness (QED) is 0.0298. The maximum absolute atomic E-state index is 12.0. The van der Waals surface area contributed by atoms with Crippen molar-refractivity contribution in [3.05, 3.63) is 60.8 Å². The molecule has 282 valence electrons. The standard InChI is InChI=1S/C43H74O6/c1-3-5-7-9-11-12-13-14-15-16-17-18-19-20-24-28-32-36-42(46)48-38-41(45)39-49-43(47)37-33-29-25-22-21-23-27-31-35-40(44)34-30-26-10-8-6-4-2/h6,8,22-23,25-27,30-31,35,40-41,44-45H,3-5,7,9-21,24,28-29,32-34,36-39H2,1-2H3/b8-6-,25-22-,27-23-,30-26-,35-31+/t40?,41-/m1/s1. The number of ether oxygens (including phenoxy) is 2. The van der Waals surface area contributed by atoms with Crippen LogP contribution >= 0.6 is 0 Å². The molecule has 1 unspecified atom stereocenters. The minimum atomic E-state index is -1.00. The summed E-state index contributed by atoms with van der Waals surface area (Å²) >= 11 is 0. The summed E-state index contributed by atoms with van der Waals surface area (Å²) in [6.45, 7) is 4.07. The highest BCUT2D eigenvalue weighted by molar-refractivity contribution is 5.69. The first-order valence-electron chi connectivity index (χ1n) is 19.9. The second kappa shape index (κ2) is 38.4. The fraction of sp³-hybridized carbons (Fsp3) is 0.721. The minimum absolute atomic E-state index is 0.149. The van der Waals surface area contributed by atoms with Crippen LogP contribution in [0.25, 0.3) is 0 Å². The molecule has 0 rings (SSSR count). The van der Waals surface area contributed by atoms with Crippen LogP contribution in [0.2, 0.25) is 0 Å². The van der Waals surface area contributed by atoms with E-state index in [9.17, 15) is 19.8 Å². The summed E-state index contributed by atoms with van der Waals surface area (Å²) in [6, 6.07) is 0. The summed E-state index contributed by atoms with van der Waals surface area (Å²) < 4.78 is 10.3. The van der Waals surface area contributed by atoms with Gasteiger partial charge in [-0.25, -0.2) is 0 Å². The van der Waals surface area contributed by atoms with Crippen molar-refractivity contribution in [3.8, 4) is 0 Å². The average molecular weight is 687 g/mol. The summed E-state index contributed by atoms with van der Waals surface area (Å²) in [7, 11) is 0. The SMILES string of the molecule is CC/C=C\C/C=C\CC(O)/C=C/C=C\C/C=C\CCCC(=O)OC[C@H](O)COC(=O)CCCCCCCCCCCCCCCCCCC. The van der Waals surface area contributed by atoms with Crippen molar-refractivity contribution in [2.24, 2.45) is 0 Å². The van der Waals surface area contributed by atoms with Crippen LogP contribution in [0.1, 0.15) is 174 Å². The molecule has 0 aliphatic heterocycles. The Hall–Kier alpha value is -2.44. The Morgan fingerprint density at radius 2 is 1.00 bits per heavy atom. The van der Waals surface area contributed by atoms with Crippen molar-refractivity contribution < 1.29 is 29.3 Å². The largest absolute Gasteiger partial charge is 0.463 e. The maximum Gasteiger partial charge on any atom is 0.305 e. The number of esters is 2. The Morgan fingerprint density at radius 1 is 0.531 bits per heavy atom. The molecule has 6 heteroatoms. The molecule has 0 aromatic rings. The molecule has 0 spiro atoms. The number of rotatable bonds is 35. The van der Waals surface area contributed by atoms with Gasteiger partial charge in [0.2, 0.25) is 0 Å². The van der Waals surface area contributed by atoms with E-state index in [2.05, 4.69) is 32.1 Å². The van der Waals surface area contributed by atoms with Crippen molar-refractivity contribution >= 4 is 11.9 Å². The Morgan fingerprint density at radius 3 is 1.55 bits per heavy atom. The van der Waals surface area contributed by atoms with Crippen molar-refractivity contribution in [2.75, 3.05) is 13.2 Å². The van der Waals surface area contributed by atoms with Gasteiger partial charge in [0.15, 0.2) is 0 Å².